The first-order valence-corrected chi connectivity index (χ1v) is 5.53. The summed E-state index contributed by atoms with van der Waals surface area (Å²) < 4.78 is 0. The van der Waals surface area contributed by atoms with Gasteiger partial charge in [-0.15, -0.1) is 0 Å². The first kappa shape index (κ1) is 11.7. The van der Waals surface area contributed by atoms with E-state index in [-0.39, 0.29) is 5.91 Å². The van der Waals surface area contributed by atoms with Gasteiger partial charge in [-0.1, -0.05) is 17.7 Å². The average molecular weight is 250 g/mol. The second-order valence-corrected chi connectivity index (χ2v) is 4.23. The highest BCUT2D eigenvalue weighted by Crippen LogP contribution is 2.20. The lowest BCUT2D eigenvalue weighted by molar-refractivity contribution is 0.102. The molecule has 2 N–H and O–H groups in total. The van der Waals surface area contributed by atoms with E-state index in [0.717, 1.165) is 5.56 Å². The number of aromatic nitrogens is 2. The molecule has 17 heavy (non-hydrogen) atoms. The molecular weight excluding hydrogens is 238 g/mol. The maximum absolute atomic E-state index is 11.9. The van der Waals surface area contributed by atoms with E-state index in [9.17, 15) is 4.79 Å². The Balaban J connectivity index is 2.21. The van der Waals surface area contributed by atoms with E-state index >= 15 is 0 Å². The minimum Gasteiger partial charge on any atom is -0.338 e. The number of aryl methyl sites for hydroxylation is 2. The molecule has 88 valence electrons. The van der Waals surface area contributed by atoms with Gasteiger partial charge in [0.15, 0.2) is 0 Å². The predicted octanol–water partition coefficient (Wildman–Crippen LogP) is 2.93. The zero-order valence-electron chi connectivity index (χ0n) is 9.54. The Bertz CT molecular complexity index is 563. The summed E-state index contributed by atoms with van der Waals surface area (Å²) in [5.41, 5.74) is 2.09. The number of benzene rings is 1. The van der Waals surface area contributed by atoms with Crippen molar-refractivity contribution < 1.29 is 4.79 Å². The van der Waals surface area contributed by atoms with Crippen LogP contribution in [-0.4, -0.2) is 15.9 Å². The zero-order chi connectivity index (χ0) is 12.4. The molecule has 0 saturated heterocycles. The highest BCUT2D eigenvalue weighted by molar-refractivity contribution is 6.31. The first-order valence-electron chi connectivity index (χ1n) is 5.15. The van der Waals surface area contributed by atoms with Gasteiger partial charge < -0.3 is 10.3 Å². The predicted molar refractivity (Wildman–Crippen MR) is 67.5 cm³/mol. The van der Waals surface area contributed by atoms with Gasteiger partial charge in [0.05, 0.1) is 6.20 Å². The van der Waals surface area contributed by atoms with Gasteiger partial charge in [0, 0.05) is 10.7 Å². The highest BCUT2D eigenvalue weighted by atomic mass is 35.5. The number of nitrogens with one attached hydrogen (secondary N) is 2. The van der Waals surface area contributed by atoms with E-state index in [2.05, 4.69) is 15.3 Å². The maximum Gasteiger partial charge on any atom is 0.273 e. The molecule has 2 aromatic rings. The third kappa shape index (κ3) is 2.65. The SMILES string of the molecule is Cc1ncc(C(=O)Nc2cc(Cl)ccc2C)[nH]1. The van der Waals surface area contributed by atoms with E-state index in [0.29, 0.717) is 22.2 Å². The fourth-order valence-electron chi connectivity index (χ4n) is 1.45. The van der Waals surface area contributed by atoms with Crippen LogP contribution in [0.1, 0.15) is 21.9 Å². The number of nitrogens with zero attached hydrogens (tertiary/aromatic N) is 1. The molecule has 0 aliphatic rings. The number of H-pyrrole nitrogens is 1. The fourth-order valence-corrected chi connectivity index (χ4v) is 1.63. The molecule has 1 amide bonds. The number of imidazole rings is 1. The van der Waals surface area contributed by atoms with Crippen molar-refractivity contribution in [2.75, 3.05) is 5.32 Å². The summed E-state index contributed by atoms with van der Waals surface area (Å²) in [4.78, 5) is 18.7. The molecule has 2 rings (SSSR count). The van der Waals surface area contributed by atoms with Crippen LogP contribution in [0.2, 0.25) is 5.02 Å². The van der Waals surface area contributed by atoms with Gasteiger partial charge >= 0.3 is 0 Å². The Morgan fingerprint density at radius 3 is 2.82 bits per heavy atom. The fraction of sp³-hybridized carbons (Fsp3) is 0.167. The molecule has 0 saturated carbocycles. The third-order valence-corrected chi connectivity index (χ3v) is 2.63. The number of halogens is 1. The normalized spacial score (nSPS) is 10.3. The van der Waals surface area contributed by atoms with Crippen LogP contribution in [0.25, 0.3) is 0 Å². The molecule has 0 bridgehead atoms. The molecule has 4 nitrogen and oxygen atoms in total. The Kier molecular flexibility index (Phi) is 3.15. The monoisotopic (exact) mass is 249 g/mol. The number of aromatic amines is 1. The van der Waals surface area contributed by atoms with Crippen molar-refractivity contribution in [3.05, 3.63) is 46.5 Å². The molecule has 0 atom stereocenters. The number of carbonyl (C=O) groups is 1. The van der Waals surface area contributed by atoms with Crippen LogP contribution in [-0.2, 0) is 0 Å². The lowest BCUT2D eigenvalue weighted by Crippen LogP contribution is -2.13. The van der Waals surface area contributed by atoms with Crippen molar-refractivity contribution in [3.63, 3.8) is 0 Å². The summed E-state index contributed by atoms with van der Waals surface area (Å²) >= 11 is 5.88. The van der Waals surface area contributed by atoms with Crippen LogP contribution >= 0.6 is 11.6 Å². The van der Waals surface area contributed by atoms with Gasteiger partial charge in [-0.2, -0.15) is 0 Å². The molecule has 0 aliphatic carbocycles. The minimum atomic E-state index is -0.226. The van der Waals surface area contributed by atoms with Crippen molar-refractivity contribution in [2.24, 2.45) is 0 Å². The zero-order valence-corrected chi connectivity index (χ0v) is 10.3. The van der Waals surface area contributed by atoms with Gasteiger partial charge in [0.1, 0.15) is 11.5 Å². The van der Waals surface area contributed by atoms with Crippen molar-refractivity contribution in [1.29, 1.82) is 0 Å². The number of hydrogen-bond donors (Lipinski definition) is 2. The van der Waals surface area contributed by atoms with Crippen LogP contribution in [0, 0.1) is 13.8 Å². The second kappa shape index (κ2) is 4.59. The Labute approximate surface area is 104 Å². The molecule has 0 fully saturated rings. The summed E-state index contributed by atoms with van der Waals surface area (Å²) in [6.45, 7) is 3.70. The molecule has 5 heteroatoms. The Hall–Kier alpha value is -1.81. The quantitative estimate of drug-likeness (QED) is 0.860. The highest BCUT2D eigenvalue weighted by Gasteiger charge is 2.10. The van der Waals surface area contributed by atoms with E-state index in [1.807, 2.05) is 13.0 Å². The van der Waals surface area contributed by atoms with Crippen molar-refractivity contribution in [3.8, 4) is 0 Å². The summed E-state index contributed by atoms with van der Waals surface area (Å²) in [5.74, 6) is 0.480. The Morgan fingerprint density at radius 2 is 2.18 bits per heavy atom. The van der Waals surface area contributed by atoms with Crippen LogP contribution in [0.15, 0.2) is 24.4 Å². The topological polar surface area (TPSA) is 57.8 Å². The van der Waals surface area contributed by atoms with Crippen LogP contribution in [0.5, 0.6) is 0 Å². The van der Waals surface area contributed by atoms with Crippen LogP contribution < -0.4 is 5.32 Å². The molecule has 0 aliphatic heterocycles. The molecule has 0 spiro atoms. The van der Waals surface area contributed by atoms with Gasteiger partial charge in [-0.3, -0.25) is 4.79 Å². The molecule has 1 heterocycles. The molecule has 1 aromatic carbocycles. The largest absolute Gasteiger partial charge is 0.338 e. The summed E-state index contributed by atoms with van der Waals surface area (Å²) in [6, 6.07) is 5.36. The number of rotatable bonds is 2. The maximum atomic E-state index is 11.9. The van der Waals surface area contributed by atoms with Gasteiger partial charge in [0.2, 0.25) is 0 Å². The minimum absolute atomic E-state index is 0.226. The van der Waals surface area contributed by atoms with Crippen LogP contribution in [0.4, 0.5) is 5.69 Å². The lowest BCUT2D eigenvalue weighted by Gasteiger charge is -2.07. The van der Waals surface area contributed by atoms with E-state index in [1.165, 1.54) is 6.20 Å². The molecule has 1 aromatic heterocycles. The standard InChI is InChI=1S/C12H12ClN3O/c1-7-3-4-9(13)5-10(7)16-12(17)11-6-14-8(2)15-11/h3-6H,1-2H3,(H,14,15)(H,16,17). The van der Waals surface area contributed by atoms with Crippen molar-refractivity contribution in [2.45, 2.75) is 13.8 Å². The molecule has 0 unspecified atom stereocenters. The summed E-state index contributed by atoms with van der Waals surface area (Å²) in [5, 5.41) is 3.38. The van der Waals surface area contributed by atoms with Crippen LogP contribution in [0.3, 0.4) is 0 Å². The van der Waals surface area contributed by atoms with E-state index < -0.39 is 0 Å². The lowest BCUT2D eigenvalue weighted by atomic mass is 10.2. The Morgan fingerprint density at radius 1 is 1.41 bits per heavy atom. The number of carbonyl (C=O) groups excluding carboxylic acids is 1. The molecule has 0 radical (unpaired) electrons. The first-order chi connectivity index (χ1) is 8.06. The van der Waals surface area contributed by atoms with Gasteiger partial charge in [0.25, 0.3) is 5.91 Å². The average Bonchev–Trinajstić information content (AvgIpc) is 2.70. The van der Waals surface area contributed by atoms with E-state index in [4.69, 9.17) is 11.6 Å². The van der Waals surface area contributed by atoms with Gasteiger partial charge in [-0.05, 0) is 31.5 Å². The summed E-state index contributed by atoms with van der Waals surface area (Å²) in [7, 11) is 0. The second-order valence-electron chi connectivity index (χ2n) is 3.80. The van der Waals surface area contributed by atoms with Gasteiger partial charge in [-0.25, -0.2) is 4.98 Å². The number of hydrogen-bond acceptors (Lipinski definition) is 2. The third-order valence-electron chi connectivity index (χ3n) is 2.40. The number of anilines is 1. The molecular formula is C12H12ClN3O. The van der Waals surface area contributed by atoms with E-state index in [1.54, 1.807) is 19.1 Å². The summed E-state index contributed by atoms with van der Waals surface area (Å²) in [6.07, 6.45) is 1.50. The number of amides is 1. The smallest absolute Gasteiger partial charge is 0.273 e. The van der Waals surface area contributed by atoms with Crippen molar-refractivity contribution in [1.82, 2.24) is 9.97 Å². The van der Waals surface area contributed by atoms with Crippen molar-refractivity contribution >= 4 is 23.2 Å².